The van der Waals surface area contributed by atoms with E-state index in [0.29, 0.717) is 11.1 Å². The number of thiazole rings is 1. The second kappa shape index (κ2) is 10.3. The number of rotatable bonds is 6. The lowest BCUT2D eigenvalue weighted by Gasteiger charge is -2.38. The van der Waals surface area contributed by atoms with Crippen LogP contribution in [-0.2, 0) is 9.53 Å². The van der Waals surface area contributed by atoms with Gasteiger partial charge in [0.25, 0.3) is 0 Å². The number of benzene rings is 3. The minimum absolute atomic E-state index is 0.0296. The van der Waals surface area contributed by atoms with Crippen LogP contribution in [0.4, 0.5) is 0 Å². The first-order chi connectivity index (χ1) is 19.4. The third kappa shape index (κ3) is 5.21. The number of ketones is 1. The summed E-state index contributed by atoms with van der Waals surface area (Å²) in [6.07, 6.45) is -0.704. The van der Waals surface area contributed by atoms with E-state index < -0.39 is 11.7 Å². The van der Waals surface area contributed by atoms with Crippen LogP contribution in [0, 0.1) is 13.8 Å². The van der Waals surface area contributed by atoms with Gasteiger partial charge in [-0.3, -0.25) is 4.79 Å². The zero-order valence-electron chi connectivity index (χ0n) is 24.6. The fourth-order valence-electron chi connectivity index (χ4n) is 5.91. The molecule has 0 radical (unpaired) electrons. The number of carbonyl (C=O) groups excluding carboxylic acids is 1. The van der Waals surface area contributed by atoms with Crippen LogP contribution in [0.2, 0.25) is 5.02 Å². The SMILES string of the molecule is CC(=O)[C@@H](OC(C)(C)C)c1c(C)cc2nc(-c3ccc4nc(C)n(C5CN(C)C5)c4c3)sc2c1-c1ccc(Cl)cc1. The Kier molecular flexibility index (Phi) is 7.05. The number of likely N-dealkylation sites (tertiary alicyclic amines) is 1. The maximum absolute atomic E-state index is 13.1. The number of ether oxygens (including phenoxy) is 1. The number of hydrogen-bond acceptors (Lipinski definition) is 6. The second-order valence-electron chi connectivity index (χ2n) is 12.2. The Bertz CT molecular complexity index is 1790. The third-order valence-electron chi connectivity index (χ3n) is 7.69. The number of imidazole rings is 1. The Balaban J connectivity index is 1.56. The van der Waals surface area contributed by atoms with Crippen molar-refractivity contribution in [3.8, 4) is 21.7 Å². The van der Waals surface area contributed by atoms with Crippen LogP contribution in [0.3, 0.4) is 0 Å². The fraction of sp³-hybridized carbons (Fsp3) is 0.364. The van der Waals surface area contributed by atoms with Crippen molar-refractivity contribution in [1.82, 2.24) is 19.4 Å². The largest absolute Gasteiger partial charge is 0.360 e. The average Bonchev–Trinajstić information content (AvgIpc) is 3.44. The van der Waals surface area contributed by atoms with Gasteiger partial charge in [0.15, 0.2) is 5.78 Å². The molecular formula is C33H35ClN4O2S. The van der Waals surface area contributed by atoms with Gasteiger partial charge in [-0.15, -0.1) is 11.3 Å². The topological polar surface area (TPSA) is 60.2 Å². The maximum atomic E-state index is 13.1. The predicted molar refractivity (Wildman–Crippen MR) is 169 cm³/mol. The van der Waals surface area contributed by atoms with E-state index in [0.717, 1.165) is 73.0 Å². The Morgan fingerprint density at radius 1 is 1.02 bits per heavy atom. The first kappa shape index (κ1) is 28.0. The molecule has 0 bridgehead atoms. The summed E-state index contributed by atoms with van der Waals surface area (Å²) in [5.74, 6) is 1.01. The number of carbonyl (C=O) groups is 1. The summed E-state index contributed by atoms with van der Waals surface area (Å²) in [7, 11) is 2.15. The standard InChI is InChI=1S/C33H35ClN4O2S/c1-18-14-26-31(29(21-8-11-23(34)12-9-21)28(18)30(19(2)39)40-33(4,5)6)41-32(36-26)22-10-13-25-27(15-22)38(20(3)35-25)24-16-37(7)17-24/h8-15,24,30H,16-17H2,1-7H3/t30-/m1/s1. The van der Waals surface area contributed by atoms with Gasteiger partial charge < -0.3 is 14.2 Å². The molecule has 6 rings (SSSR count). The molecule has 212 valence electrons. The first-order valence-corrected chi connectivity index (χ1v) is 15.1. The highest BCUT2D eigenvalue weighted by atomic mass is 35.5. The molecule has 41 heavy (non-hydrogen) atoms. The van der Waals surface area contributed by atoms with Gasteiger partial charge in [-0.05, 0) is 96.1 Å². The van der Waals surface area contributed by atoms with E-state index >= 15 is 0 Å². The summed E-state index contributed by atoms with van der Waals surface area (Å²) in [5, 5.41) is 1.59. The van der Waals surface area contributed by atoms with Gasteiger partial charge in [-0.25, -0.2) is 9.97 Å². The number of fused-ring (bicyclic) bond motifs is 2. The summed E-state index contributed by atoms with van der Waals surface area (Å²) < 4.78 is 9.79. The van der Waals surface area contributed by atoms with Gasteiger partial charge >= 0.3 is 0 Å². The molecular weight excluding hydrogens is 552 g/mol. The molecule has 2 aromatic heterocycles. The maximum Gasteiger partial charge on any atom is 0.163 e. The van der Waals surface area contributed by atoms with E-state index in [1.54, 1.807) is 18.3 Å². The van der Waals surface area contributed by atoms with Gasteiger partial charge in [0.1, 0.15) is 16.9 Å². The predicted octanol–water partition coefficient (Wildman–Crippen LogP) is 8.18. The molecule has 3 heterocycles. The summed E-state index contributed by atoms with van der Waals surface area (Å²) in [6.45, 7) is 13.7. The first-order valence-electron chi connectivity index (χ1n) is 14.0. The molecule has 5 aromatic rings. The Hall–Kier alpha value is -3.10. The molecule has 6 nitrogen and oxygen atoms in total. The number of hydrogen-bond donors (Lipinski definition) is 0. The van der Waals surface area contributed by atoms with Crippen molar-refractivity contribution in [3.63, 3.8) is 0 Å². The van der Waals surface area contributed by atoms with E-state index in [1.807, 2.05) is 52.0 Å². The van der Waals surface area contributed by atoms with Crippen LogP contribution in [0.1, 0.15) is 56.8 Å². The molecule has 1 aliphatic heterocycles. The van der Waals surface area contributed by atoms with Crippen LogP contribution in [-0.4, -0.2) is 51.0 Å². The van der Waals surface area contributed by atoms with Crippen LogP contribution in [0.15, 0.2) is 48.5 Å². The Morgan fingerprint density at radius 2 is 1.71 bits per heavy atom. The molecule has 1 atom stereocenters. The van der Waals surface area contributed by atoms with Crippen LogP contribution in [0.25, 0.3) is 42.9 Å². The van der Waals surface area contributed by atoms with Gasteiger partial charge in [0.05, 0.1) is 32.9 Å². The number of aryl methyl sites for hydroxylation is 2. The molecule has 1 saturated heterocycles. The zero-order valence-corrected chi connectivity index (χ0v) is 26.2. The number of aromatic nitrogens is 3. The summed E-state index contributed by atoms with van der Waals surface area (Å²) >= 11 is 7.93. The Labute approximate surface area is 249 Å². The number of nitrogens with zero attached hydrogens (tertiary/aromatic N) is 4. The van der Waals surface area contributed by atoms with Gasteiger partial charge in [-0.2, -0.15) is 0 Å². The van der Waals surface area contributed by atoms with Gasteiger partial charge in [0, 0.05) is 34.8 Å². The zero-order chi connectivity index (χ0) is 29.2. The summed E-state index contributed by atoms with van der Waals surface area (Å²) in [4.78, 5) is 25.4. The van der Waals surface area contributed by atoms with Gasteiger partial charge in [0.2, 0.25) is 0 Å². The highest BCUT2D eigenvalue weighted by molar-refractivity contribution is 7.22. The lowest BCUT2D eigenvalue weighted by atomic mass is 9.90. The Morgan fingerprint density at radius 3 is 2.34 bits per heavy atom. The highest BCUT2D eigenvalue weighted by Crippen LogP contribution is 2.45. The van der Waals surface area contributed by atoms with Crippen molar-refractivity contribution in [2.45, 2.75) is 59.3 Å². The highest BCUT2D eigenvalue weighted by Gasteiger charge is 2.31. The monoisotopic (exact) mass is 586 g/mol. The van der Waals surface area contributed by atoms with E-state index in [1.165, 1.54) is 0 Å². The van der Waals surface area contributed by atoms with E-state index in [4.69, 9.17) is 26.3 Å². The number of Topliss-reactive ketones (excluding diaryl/α,β-unsaturated/α-hetero) is 1. The minimum atomic E-state index is -0.704. The van der Waals surface area contributed by atoms with Crippen LogP contribution in [0.5, 0.6) is 0 Å². The van der Waals surface area contributed by atoms with Crippen molar-refractivity contribution in [3.05, 3.63) is 70.5 Å². The molecule has 0 unspecified atom stereocenters. The quantitative estimate of drug-likeness (QED) is 0.201. The fourth-order valence-corrected chi connectivity index (χ4v) is 7.16. The average molecular weight is 587 g/mol. The molecule has 8 heteroatoms. The summed E-state index contributed by atoms with van der Waals surface area (Å²) in [5.41, 5.74) is 7.42. The van der Waals surface area contributed by atoms with E-state index in [-0.39, 0.29) is 5.78 Å². The molecule has 1 fully saturated rings. The van der Waals surface area contributed by atoms with Crippen molar-refractivity contribution < 1.29 is 9.53 Å². The van der Waals surface area contributed by atoms with Crippen LogP contribution >= 0.6 is 22.9 Å². The molecule has 1 aliphatic rings. The minimum Gasteiger partial charge on any atom is -0.360 e. The molecule has 0 spiro atoms. The van der Waals surface area contributed by atoms with Crippen LogP contribution < -0.4 is 0 Å². The summed E-state index contributed by atoms with van der Waals surface area (Å²) in [6, 6.07) is 16.8. The van der Waals surface area contributed by atoms with E-state index in [9.17, 15) is 4.79 Å². The van der Waals surface area contributed by atoms with Crippen molar-refractivity contribution in [1.29, 1.82) is 0 Å². The van der Waals surface area contributed by atoms with Crippen molar-refractivity contribution >= 4 is 50.0 Å². The molecule has 0 saturated carbocycles. The lowest BCUT2D eigenvalue weighted by Crippen LogP contribution is -2.45. The lowest BCUT2D eigenvalue weighted by molar-refractivity contribution is -0.138. The number of likely N-dealkylation sites (N-methyl/N-ethyl adjacent to an activating group) is 1. The molecule has 0 N–H and O–H groups in total. The molecule has 0 amide bonds. The third-order valence-corrected chi connectivity index (χ3v) is 9.08. The number of halogens is 1. The second-order valence-corrected chi connectivity index (χ2v) is 13.6. The smallest absolute Gasteiger partial charge is 0.163 e. The van der Waals surface area contributed by atoms with E-state index in [2.05, 4.69) is 47.7 Å². The van der Waals surface area contributed by atoms with Gasteiger partial charge in [-0.1, -0.05) is 23.7 Å². The normalized spacial score (nSPS) is 15.5. The molecule has 0 aliphatic carbocycles. The molecule has 3 aromatic carbocycles. The van der Waals surface area contributed by atoms with Crippen molar-refractivity contribution in [2.24, 2.45) is 0 Å². The van der Waals surface area contributed by atoms with Crippen molar-refractivity contribution in [2.75, 3.05) is 20.1 Å².